The number of nitrogens with one attached hydrogen (secondary N) is 2. The van der Waals surface area contributed by atoms with Gasteiger partial charge in [0.15, 0.2) is 9.84 Å². The van der Waals surface area contributed by atoms with Crippen molar-refractivity contribution in [2.75, 3.05) is 16.8 Å². The van der Waals surface area contributed by atoms with Gasteiger partial charge in [-0.05, 0) is 32.4 Å². The van der Waals surface area contributed by atoms with E-state index in [-0.39, 0.29) is 29.5 Å². The van der Waals surface area contributed by atoms with Gasteiger partial charge in [-0.2, -0.15) is 0 Å². The molecule has 6 heteroatoms. The van der Waals surface area contributed by atoms with Crippen LogP contribution in [0.1, 0.15) is 25.3 Å². The number of aryl methyl sites for hydroxylation is 1. The summed E-state index contributed by atoms with van der Waals surface area (Å²) in [6, 6.07) is 7.55. The van der Waals surface area contributed by atoms with Gasteiger partial charge in [0.1, 0.15) is 0 Å². The number of sulfone groups is 1. The van der Waals surface area contributed by atoms with Gasteiger partial charge in [-0.3, -0.25) is 4.79 Å². The summed E-state index contributed by atoms with van der Waals surface area (Å²) >= 11 is 0. The summed E-state index contributed by atoms with van der Waals surface area (Å²) in [5, 5.41) is 6.06. The lowest BCUT2D eigenvalue weighted by Crippen LogP contribution is -2.39. The second kappa shape index (κ2) is 6.58. The Labute approximate surface area is 126 Å². The third kappa shape index (κ3) is 5.13. The largest absolute Gasteiger partial charge is 0.326 e. The minimum atomic E-state index is -2.89. The highest BCUT2D eigenvalue weighted by molar-refractivity contribution is 7.91. The van der Waals surface area contributed by atoms with Crippen LogP contribution in [0.3, 0.4) is 0 Å². The number of rotatable bonds is 5. The van der Waals surface area contributed by atoms with Gasteiger partial charge in [0.2, 0.25) is 5.91 Å². The van der Waals surface area contributed by atoms with Crippen molar-refractivity contribution in [3.63, 3.8) is 0 Å². The normalized spacial score (nSPS) is 21.9. The Balaban J connectivity index is 1.78. The molecule has 0 radical (unpaired) electrons. The standard InChI is InChI=1S/C15H22N2O3S/c1-11-3-5-13(6-4-11)17-15(18)9-12(2)16-14-7-8-21(19,20)10-14/h3-6,12,14,16H,7-10H2,1-2H3,(H,17,18)/t12-,14+/m1/s1. The molecule has 1 aliphatic rings. The zero-order chi connectivity index (χ0) is 15.5. The number of benzene rings is 1. The van der Waals surface area contributed by atoms with Gasteiger partial charge in [-0.25, -0.2) is 8.42 Å². The zero-order valence-corrected chi connectivity index (χ0v) is 13.2. The van der Waals surface area contributed by atoms with Crippen molar-refractivity contribution in [3.8, 4) is 0 Å². The summed E-state index contributed by atoms with van der Waals surface area (Å²) < 4.78 is 22.8. The van der Waals surface area contributed by atoms with Gasteiger partial charge in [0, 0.05) is 24.2 Å². The molecule has 2 rings (SSSR count). The summed E-state index contributed by atoms with van der Waals surface area (Å²) in [6.45, 7) is 3.90. The number of amides is 1. The van der Waals surface area contributed by atoms with Crippen molar-refractivity contribution < 1.29 is 13.2 Å². The molecule has 0 spiro atoms. The average Bonchev–Trinajstić information content (AvgIpc) is 2.71. The molecule has 21 heavy (non-hydrogen) atoms. The van der Waals surface area contributed by atoms with Crippen LogP contribution in [0.15, 0.2) is 24.3 Å². The maximum absolute atomic E-state index is 11.9. The van der Waals surface area contributed by atoms with Crippen LogP contribution in [-0.2, 0) is 14.6 Å². The molecule has 1 amide bonds. The first-order valence-corrected chi connectivity index (χ1v) is 8.99. The summed E-state index contributed by atoms with van der Waals surface area (Å²) in [5.74, 6) is 0.351. The maximum Gasteiger partial charge on any atom is 0.225 e. The maximum atomic E-state index is 11.9. The number of carbonyl (C=O) groups is 1. The molecule has 0 unspecified atom stereocenters. The van der Waals surface area contributed by atoms with Crippen LogP contribution in [0, 0.1) is 6.92 Å². The molecule has 1 aromatic rings. The highest BCUT2D eigenvalue weighted by Gasteiger charge is 2.28. The van der Waals surface area contributed by atoms with Gasteiger partial charge in [0.05, 0.1) is 11.5 Å². The monoisotopic (exact) mass is 310 g/mol. The molecule has 2 atom stereocenters. The minimum absolute atomic E-state index is 0.0304. The number of carbonyl (C=O) groups excluding carboxylic acids is 1. The lowest BCUT2D eigenvalue weighted by atomic mass is 10.1. The van der Waals surface area contributed by atoms with Crippen LogP contribution in [0.5, 0.6) is 0 Å². The molecule has 0 aromatic heterocycles. The predicted octanol–water partition coefficient (Wildman–Crippen LogP) is 1.49. The Kier molecular flexibility index (Phi) is 5.00. The Hall–Kier alpha value is -1.40. The molecule has 1 fully saturated rings. The fraction of sp³-hybridized carbons (Fsp3) is 0.533. The Morgan fingerprint density at radius 1 is 1.33 bits per heavy atom. The third-order valence-corrected chi connectivity index (χ3v) is 5.35. The van der Waals surface area contributed by atoms with Gasteiger partial charge in [0.25, 0.3) is 0 Å². The molecule has 1 heterocycles. The van der Waals surface area contributed by atoms with Crippen LogP contribution >= 0.6 is 0 Å². The Bertz CT molecular complexity index is 596. The van der Waals surface area contributed by atoms with Crippen LogP contribution < -0.4 is 10.6 Å². The molecule has 1 aliphatic heterocycles. The van der Waals surface area contributed by atoms with E-state index in [1.54, 1.807) is 0 Å². The van der Waals surface area contributed by atoms with Crippen LogP contribution in [0.2, 0.25) is 0 Å². The molecule has 116 valence electrons. The zero-order valence-electron chi connectivity index (χ0n) is 12.4. The quantitative estimate of drug-likeness (QED) is 0.864. The molecular formula is C15H22N2O3S. The van der Waals surface area contributed by atoms with Crippen molar-refractivity contribution >= 4 is 21.4 Å². The first-order chi connectivity index (χ1) is 9.84. The van der Waals surface area contributed by atoms with E-state index in [9.17, 15) is 13.2 Å². The van der Waals surface area contributed by atoms with E-state index < -0.39 is 9.84 Å². The Morgan fingerprint density at radius 3 is 2.57 bits per heavy atom. The minimum Gasteiger partial charge on any atom is -0.326 e. The van der Waals surface area contributed by atoms with Gasteiger partial charge in [-0.1, -0.05) is 17.7 Å². The number of hydrogen-bond donors (Lipinski definition) is 2. The van der Waals surface area contributed by atoms with E-state index in [0.29, 0.717) is 12.8 Å². The lowest BCUT2D eigenvalue weighted by molar-refractivity contribution is -0.116. The van der Waals surface area contributed by atoms with Crippen molar-refractivity contribution in [3.05, 3.63) is 29.8 Å². The van der Waals surface area contributed by atoms with Crippen molar-refractivity contribution in [1.82, 2.24) is 5.32 Å². The SMILES string of the molecule is Cc1ccc(NC(=O)C[C@@H](C)N[C@H]2CCS(=O)(=O)C2)cc1. The third-order valence-electron chi connectivity index (χ3n) is 3.58. The van der Waals surface area contributed by atoms with Crippen LogP contribution in [0.4, 0.5) is 5.69 Å². The predicted molar refractivity (Wildman–Crippen MR) is 84.1 cm³/mol. The highest BCUT2D eigenvalue weighted by Crippen LogP contribution is 2.13. The average molecular weight is 310 g/mol. The van der Waals surface area contributed by atoms with Crippen molar-refractivity contribution in [1.29, 1.82) is 0 Å². The van der Waals surface area contributed by atoms with Gasteiger partial charge >= 0.3 is 0 Å². The molecule has 5 nitrogen and oxygen atoms in total. The van der Waals surface area contributed by atoms with Crippen LogP contribution in [-0.4, -0.2) is 37.9 Å². The molecule has 0 aliphatic carbocycles. The summed E-state index contributed by atoms with van der Waals surface area (Å²) in [7, 11) is -2.89. The molecular weight excluding hydrogens is 288 g/mol. The lowest BCUT2D eigenvalue weighted by Gasteiger charge is -2.18. The van der Waals surface area contributed by atoms with E-state index in [1.165, 1.54) is 0 Å². The summed E-state index contributed by atoms with van der Waals surface area (Å²) in [5.41, 5.74) is 1.92. The van der Waals surface area contributed by atoms with Crippen molar-refractivity contribution in [2.45, 2.75) is 38.8 Å². The molecule has 2 N–H and O–H groups in total. The van der Waals surface area contributed by atoms with Crippen LogP contribution in [0.25, 0.3) is 0 Å². The highest BCUT2D eigenvalue weighted by atomic mass is 32.2. The smallest absolute Gasteiger partial charge is 0.225 e. The second-order valence-electron chi connectivity index (χ2n) is 5.79. The topological polar surface area (TPSA) is 75.3 Å². The van der Waals surface area contributed by atoms with Gasteiger partial charge < -0.3 is 10.6 Å². The fourth-order valence-corrected chi connectivity index (χ4v) is 4.20. The molecule has 0 saturated carbocycles. The van der Waals surface area contributed by atoms with Gasteiger partial charge in [-0.15, -0.1) is 0 Å². The van der Waals surface area contributed by atoms with E-state index in [1.807, 2.05) is 38.1 Å². The number of anilines is 1. The van der Waals surface area contributed by atoms with E-state index >= 15 is 0 Å². The van der Waals surface area contributed by atoms with E-state index in [2.05, 4.69) is 10.6 Å². The first-order valence-electron chi connectivity index (χ1n) is 7.17. The summed E-state index contributed by atoms with van der Waals surface area (Å²) in [4.78, 5) is 11.9. The number of hydrogen-bond acceptors (Lipinski definition) is 4. The Morgan fingerprint density at radius 2 is 2.00 bits per heavy atom. The molecule has 1 saturated heterocycles. The van der Waals surface area contributed by atoms with E-state index in [0.717, 1.165) is 11.3 Å². The molecule has 1 aromatic carbocycles. The second-order valence-corrected chi connectivity index (χ2v) is 8.01. The van der Waals surface area contributed by atoms with Crippen molar-refractivity contribution in [2.24, 2.45) is 0 Å². The molecule has 0 bridgehead atoms. The summed E-state index contributed by atoms with van der Waals surface area (Å²) in [6.07, 6.45) is 0.955. The van der Waals surface area contributed by atoms with E-state index in [4.69, 9.17) is 0 Å². The fourth-order valence-electron chi connectivity index (χ4n) is 2.51. The first kappa shape index (κ1) is 16.0.